The summed E-state index contributed by atoms with van der Waals surface area (Å²) in [7, 11) is 0. The topological polar surface area (TPSA) is 91.2 Å². The molecule has 3 aromatic rings. The molecule has 0 saturated heterocycles. The van der Waals surface area contributed by atoms with E-state index in [-0.39, 0.29) is 18.0 Å². The lowest BCUT2D eigenvalue weighted by Crippen LogP contribution is -2.33. The smallest absolute Gasteiger partial charge is 0.282 e. The normalized spacial score (nSPS) is 13.6. The number of nitrogens with one attached hydrogen (secondary N) is 1. The van der Waals surface area contributed by atoms with Gasteiger partial charge in [-0.15, -0.1) is 11.3 Å². The van der Waals surface area contributed by atoms with Crippen molar-refractivity contribution < 1.29 is 19.0 Å². The number of benzene rings is 1. The predicted molar refractivity (Wildman–Crippen MR) is 95.4 cm³/mol. The number of nitrogens with zero attached hydrogens (tertiary/aromatic N) is 2. The standard InChI is InChI=1S/C17H15N3O5S/c1-9-14(16(22)20-5-6-26-17(20)18-9)19-15(21)10(2)25-11-3-4-12-13(7-11)24-8-23-12/h3-7,10H,8H2,1-2H3,(H,19,21). The zero-order chi connectivity index (χ0) is 18.3. The van der Waals surface area contributed by atoms with Gasteiger partial charge in [-0.25, -0.2) is 4.98 Å². The molecule has 3 heterocycles. The minimum Gasteiger partial charge on any atom is -0.481 e. The molecule has 0 spiro atoms. The fourth-order valence-electron chi connectivity index (χ4n) is 2.56. The van der Waals surface area contributed by atoms with Crippen molar-refractivity contribution in [2.75, 3.05) is 12.1 Å². The minimum atomic E-state index is -0.822. The van der Waals surface area contributed by atoms with Gasteiger partial charge in [-0.1, -0.05) is 0 Å². The molecule has 8 nitrogen and oxygen atoms in total. The van der Waals surface area contributed by atoms with Crippen molar-refractivity contribution in [3.63, 3.8) is 0 Å². The van der Waals surface area contributed by atoms with Crippen molar-refractivity contribution in [1.82, 2.24) is 9.38 Å². The van der Waals surface area contributed by atoms with E-state index in [1.54, 1.807) is 43.6 Å². The Bertz CT molecular complexity index is 1060. The lowest BCUT2D eigenvalue weighted by Gasteiger charge is -2.15. The molecule has 1 N–H and O–H groups in total. The highest BCUT2D eigenvalue weighted by atomic mass is 32.1. The van der Waals surface area contributed by atoms with Crippen LogP contribution in [-0.4, -0.2) is 28.2 Å². The number of carbonyl (C=O) groups is 1. The Labute approximate surface area is 152 Å². The van der Waals surface area contributed by atoms with Crippen LogP contribution in [0.2, 0.25) is 0 Å². The Balaban J connectivity index is 1.52. The van der Waals surface area contributed by atoms with E-state index in [2.05, 4.69) is 10.3 Å². The van der Waals surface area contributed by atoms with Crippen molar-refractivity contribution in [2.24, 2.45) is 0 Å². The third-order valence-electron chi connectivity index (χ3n) is 3.92. The Kier molecular flexibility index (Phi) is 4.00. The second kappa shape index (κ2) is 6.34. The third-order valence-corrected chi connectivity index (χ3v) is 4.68. The fraction of sp³-hybridized carbons (Fsp3) is 0.235. The highest BCUT2D eigenvalue weighted by molar-refractivity contribution is 7.15. The van der Waals surface area contributed by atoms with Gasteiger partial charge in [0, 0.05) is 17.6 Å². The molecular formula is C17H15N3O5S. The number of fused-ring (bicyclic) bond motifs is 2. The Morgan fingerprint density at radius 1 is 1.38 bits per heavy atom. The summed E-state index contributed by atoms with van der Waals surface area (Å²) in [6.45, 7) is 3.44. The highest BCUT2D eigenvalue weighted by Crippen LogP contribution is 2.35. The van der Waals surface area contributed by atoms with Gasteiger partial charge in [0.05, 0.1) is 5.69 Å². The van der Waals surface area contributed by atoms with Gasteiger partial charge < -0.3 is 19.5 Å². The Morgan fingerprint density at radius 2 is 2.19 bits per heavy atom. The summed E-state index contributed by atoms with van der Waals surface area (Å²) in [6.07, 6.45) is 0.800. The van der Waals surface area contributed by atoms with Gasteiger partial charge in [0.15, 0.2) is 22.6 Å². The lowest BCUT2D eigenvalue weighted by molar-refractivity contribution is -0.122. The van der Waals surface area contributed by atoms with Crippen molar-refractivity contribution in [2.45, 2.75) is 20.0 Å². The SMILES string of the molecule is Cc1nc2sccn2c(=O)c1NC(=O)C(C)Oc1ccc2c(c1)OCO2. The van der Waals surface area contributed by atoms with Crippen molar-refractivity contribution in [1.29, 1.82) is 0 Å². The van der Waals surface area contributed by atoms with Gasteiger partial charge in [0.1, 0.15) is 11.4 Å². The molecule has 134 valence electrons. The molecule has 0 saturated carbocycles. The van der Waals surface area contributed by atoms with E-state index >= 15 is 0 Å². The van der Waals surface area contributed by atoms with E-state index < -0.39 is 12.0 Å². The number of hydrogen-bond donors (Lipinski definition) is 1. The average Bonchev–Trinajstić information content (AvgIpc) is 3.26. The number of aromatic nitrogens is 2. The summed E-state index contributed by atoms with van der Waals surface area (Å²) in [5.41, 5.74) is 0.283. The van der Waals surface area contributed by atoms with Gasteiger partial charge in [0.2, 0.25) is 6.79 Å². The minimum absolute atomic E-state index is 0.145. The number of rotatable bonds is 4. The Morgan fingerprint density at radius 3 is 3.04 bits per heavy atom. The summed E-state index contributed by atoms with van der Waals surface area (Å²) in [4.78, 5) is 29.9. The van der Waals surface area contributed by atoms with Crippen molar-refractivity contribution in [3.8, 4) is 17.2 Å². The molecule has 1 aromatic carbocycles. The molecular weight excluding hydrogens is 358 g/mol. The highest BCUT2D eigenvalue weighted by Gasteiger charge is 2.21. The van der Waals surface area contributed by atoms with Crippen LogP contribution in [-0.2, 0) is 4.79 Å². The predicted octanol–water partition coefficient (Wildman–Crippen LogP) is 2.20. The first-order chi connectivity index (χ1) is 12.5. The quantitative estimate of drug-likeness (QED) is 0.754. The van der Waals surface area contributed by atoms with E-state index in [1.165, 1.54) is 15.7 Å². The molecule has 26 heavy (non-hydrogen) atoms. The average molecular weight is 373 g/mol. The molecule has 1 aliphatic heterocycles. The molecule has 2 aromatic heterocycles. The summed E-state index contributed by atoms with van der Waals surface area (Å²) < 4.78 is 17.6. The number of hydrogen-bond acceptors (Lipinski definition) is 7. The molecule has 0 radical (unpaired) electrons. The van der Waals surface area contributed by atoms with Crippen molar-refractivity contribution >= 4 is 27.9 Å². The van der Waals surface area contributed by atoms with Crippen LogP contribution in [0.3, 0.4) is 0 Å². The first-order valence-electron chi connectivity index (χ1n) is 7.86. The molecule has 4 rings (SSSR count). The first kappa shape index (κ1) is 16.4. The maximum absolute atomic E-state index is 12.5. The number of thiazole rings is 1. The van der Waals surface area contributed by atoms with Gasteiger partial charge in [-0.3, -0.25) is 14.0 Å². The second-order valence-corrected chi connectivity index (χ2v) is 6.57. The van der Waals surface area contributed by atoms with E-state index in [9.17, 15) is 9.59 Å². The van der Waals surface area contributed by atoms with Crippen LogP contribution in [0.1, 0.15) is 12.6 Å². The van der Waals surface area contributed by atoms with Gasteiger partial charge in [0.25, 0.3) is 11.5 Å². The monoisotopic (exact) mass is 373 g/mol. The molecule has 1 amide bonds. The number of amides is 1. The third kappa shape index (κ3) is 2.86. The van der Waals surface area contributed by atoms with Crippen molar-refractivity contribution in [3.05, 3.63) is 45.8 Å². The number of aryl methyl sites for hydroxylation is 1. The fourth-order valence-corrected chi connectivity index (χ4v) is 3.31. The first-order valence-corrected chi connectivity index (χ1v) is 8.74. The molecule has 1 unspecified atom stereocenters. The molecule has 1 atom stereocenters. The molecule has 1 aliphatic rings. The summed E-state index contributed by atoms with van der Waals surface area (Å²) >= 11 is 1.35. The van der Waals surface area contributed by atoms with Crippen LogP contribution in [0.15, 0.2) is 34.6 Å². The number of carbonyl (C=O) groups excluding carboxylic acids is 1. The van der Waals surface area contributed by atoms with E-state index in [0.29, 0.717) is 27.9 Å². The van der Waals surface area contributed by atoms with Crippen LogP contribution in [0, 0.1) is 6.92 Å². The lowest BCUT2D eigenvalue weighted by atomic mass is 10.3. The van der Waals surface area contributed by atoms with Gasteiger partial charge >= 0.3 is 0 Å². The molecule has 0 bridgehead atoms. The van der Waals surface area contributed by atoms with Gasteiger partial charge in [-0.2, -0.15) is 0 Å². The summed E-state index contributed by atoms with van der Waals surface area (Å²) in [5, 5.41) is 4.39. The van der Waals surface area contributed by atoms with E-state index in [1.807, 2.05) is 0 Å². The molecule has 9 heteroatoms. The van der Waals surface area contributed by atoms with Crippen LogP contribution < -0.4 is 25.1 Å². The van der Waals surface area contributed by atoms with Gasteiger partial charge in [-0.05, 0) is 26.0 Å². The Hall–Kier alpha value is -3.07. The van der Waals surface area contributed by atoms with E-state index in [0.717, 1.165) is 0 Å². The second-order valence-electron chi connectivity index (χ2n) is 5.70. The van der Waals surface area contributed by atoms with E-state index in [4.69, 9.17) is 14.2 Å². The maximum atomic E-state index is 12.5. The number of ether oxygens (including phenoxy) is 3. The zero-order valence-corrected chi connectivity index (χ0v) is 14.8. The summed E-state index contributed by atoms with van der Waals surface area (Å²) in [5.74, 6) is 1.22. The zero-order valence-electron chi connectivity index (χ0n) is 14.0. The van der Waals surface area contributed by atoms with Crippen LogP contribution in [0.25, 0.3) is 4.96 Å². The largest absolute Gasteiger partial charge is 0.481 e. The number of anilines is 1. The molecule has 0 fully saturated rings. The summed E-state index contributed by atoms with van der Waals surface area (Å²) in [6, 6.07) is 5.06. The molecule has 0 aliphatic carbocycles. The maximum Gasteiger partial charge on any atom is 0.282 e. The van der Waals surface area contributed by atoms with Crippen LogP contribution in [0.5, 0.6) is 17.2 Å². The van der Waals surface area contributed by atoms with Crippen LogP contribution >= 0.6 is 11.3 Å². The van der Waals surface area contributed by atoms with Crippen LogP contribution in [0.4, 0.5) is 5.69 Å².